The van der Waals surface area contributed by atoms with Crippen LogP contribution in [-0.2, 0) is 21.3 Å². The summed E-state index contributed by atoms with van der Waals surface area (Å²) in [5.41, 5.74) is 0.921. The first-order chi connectivity index (χ1) is 10.9. The molecule has 8 heteroatoms. The van der Waals surface area contributed by atoms with Crippen LogP contribution >= 0.6 is 11.3 Å². The summed E-state index contributed by atoms with van der Waals surface area (Å²) in [6.07, 6.45) is 3.41. The molecule has 3 heterocycles. The summed E-state index contributed by atoms with van der Waals surface area (Å²) in [7, 11) is -3.48. The van der Waals surface area contributed by atoms with Gasteiger partial charge in [0, 0.05) is 41.1 Å². The van der Waals surface area contributed by atoms with E-state index in [1.165, 1.54) is 15.6 Å². The average molecular weight is 355 g/mol. The molecule has 0 N–H and O–H groups in total. The van der Waals surface area contributed by atoms with Gasteiger partial charge < -0.3 is 4.74 Å². The Morgan fingerprint density at radius 2 is 2.22 bits per heavy atom. The van der Waals surface area contributed by atoms with Crippen LogP contribution in [0.1, 0.15) is 28.3 Å². The Hall–Kier alpha value is -1.22. The molecule has 0 radical (unpaired) electrons. The molecule has 23 heavy (non-hydrogen) atoms. The van der Waals surface area contributed by atoms with E-state index in [1.807, 2.05) is 31.6 Å². The van der Waals surface area contributed by atoms with E-state index in [0.29, 0.717) is 24.6 Å². The maximum atomic E-state index is 12.9. The van der Waals surface area contributed by atoms with Crippen LogP contribution in [-0.4, -0.2) is 42.2 Å². The summed E-state index contributed by atoms with van der Waals surface area (Å²) < 4.78 is 34.9. The second-order valence-corrected chi connectivity index (χ2v) is 9.00. The van der Waals surface area contributed by atoms with E-state index in [0.717, 1.165) is 21.9 Å². The van der Waals surface area contributed by atoms with Crippen molar-refractivity contribution < 1.29 is 13.2 Å². The van der Waals surface area contributed by atoms with Crippen LogP contribution in [0.4, 0.5) is 0 Å². The van der Waals surface area contributed by atoms with Gasteiger partial charge in [-0.05, 0) is 26.8 Å². The fourth-order valence-corrected chi connectivity index (χ4v) is 5.72. The van der Waals surface area contributed by atoms with E-state index in [4.69, 9.17) is 4.74 Å². The highest BCUT2D eigenvalue weighted by atomic mass is 32.2. The highest BCUT2D eigenvalue weighted by molar-refractivity contribution is 7.89. The molecule has 1 aliphatic rings. The molecule has 1 fully saturated rings. The minimum atomic E-state index is -3.48. The lowest BCUT2D eigenvalue weighted by molar-refractivity contribution is -0.00260. The van der Waals surface area contributed by atoms with Gasteiger partial charge in [-0.25, -0.2) is 8.42 Å². The third-order valence-corrected chi connectivity index (χ3v) is 7.08. The second-order valence-electron chi connectivity index (χ2n) is 5.63. The van der Waals surface area contributed by atoms with Gasteiger partial charge in [-0.3, -0.25) is 4.68 Å². The van der Waals surface area contributed by atoms with Crippen molar-refractivity contribution in [3.8, 4) is 0 Å². The molecule has 0 amide bonds. The van der Waals surface area contributed by atoms with E-state index in [-0.39, 0.29) is 6.10 Å². The number of nitrogens with zero attached hydrogens (tertiary/aromatic N) is 3. The fraction of sp³-hybridized carbons (Fsp3) is 0.533. The van der Waals surface area contributed by atoms with Gasteiger partial charge in [0.2, 0.25) is 10.0 Å². The fourth-order valence-electron chi connectivity index (χ4n) is 2.77. The highest BCUT2D eigenvalue weighted by Crippen LogP contribution is 2.31. The van der Waals surface area contributed by atoms with Gasteiger partial charge in [0.05, 0.1) is 23.8 Å². The van der Waals surface area contributed by atoms with Gasteiger partial charge in [-0.15, -0.1) is 11.3 Å². The molecular formula is C15H21N3O3S2. The van der Waals surface area contributed by atoms with E-state index < -0.39 is 10.0 Å². The lowest BCUT2D eigenvalue weighted by atomic mass is 10.2. The summed E-state index contributed by atoms with van der Waals surface area (Å²) in [5, 5.41) is 4.24. The number of hydrogen-bond donors (Lipinski definition) is 0. The summed E-state index contributed by atoms with van der Waals surface area (Å²) in [5.74, 6) is 0. The number of rotatable bonds is 4. The number of sulfonamides is 1. The van der Waals surface area contributed by atoms with Crippen LogP contribution in [0.3, 0.4) is 0 Å². The van der Waals surface area contributed by atoms with Crippen LogP contribution in [0.5, 0.6) is 0 Å². The van der Waals surface area contributed by atoms with Gasteiger partial charge in [-0.1, -0.05) is 0 Å². The molecule has 1 saturated heterocycles. The first-order valence-corrected chi connectivity index (χ1v) is 9.88. The summed E-state index contributed by atoms with van der Waals surface area (Å²) in [6.45, 7) is 7.68. The zero-order valence-electron chi connectivity index (χ0n) is 13.5. The summed E-state index contributed by atoms with van der Waals surface area (Å²) in [4.78, 5) is 2.27. The van der Waals surface area contributed by atoms with Gasteiger partial charge >= 0.3 is 0 Å². The highest BCUT2D eigenvalue weighted by Gasteiger charge is 2.33. The first-order valence-electron chi connectivity index (χ1n) is 7.63. The Balaban J connectivity index is 1.84. The summed E-state index contributed by atoms with van der Waals surface area (Å²) in [6, 6.07) is 1.76. The lowest BCUT2D eigenvalue weighted by Gasteiger charge is -2.31. The molecule has 3 rings (SSSR count). The van der Waals surface area contributed by atoms with Crippen LogP contribution in [0.2, 0.25) is 0 Å². The van der Waals surface area contributed by atoms with Crippen molar-refractivity contribution in [2.45, 2.75) is 38.3 Å². The zero-order chi connectivity index (χ0) is 16.6. The van der Waals surface area contributed by atoms with Crippen LogP contribution in [0.25, 0.3) is 0 Å². The number of morpholine rings is 1. The molecule has 1 aliphatic heterocycles. The van der Waals surface area contributed by atoms with Crippen molar-refractivity contribution in [2.24, 2.45) is 0 Å². The smallest absolute Gasteiger partial charge is 0.244 e. The maximum absolute atomic E-state index is 12.9. The lowest BCUT2D eigenvalue weighted by Crippen LogP contribution is -2.42. The van der Waals surface area contributed by atoms with Crippen molar-refractivity contribution >= 4 is 21.4 Å². The van der Waals surface area contributed by atoms with E-state index in [2.05, 4.69) is 5.10 Å². The van der Waals surface area contributed by atoms with Crippen molar-refractivity contribution in [1.29, 1.82) is 0 Å². The van der Waals surface area contributed by atoms with Crippen molar-refractivity contribution in [1.82, 2.24) is 14.1 Å². The van der Waals surface area contributed by atoms with E-state index in [1.54, 1.807) is 12.3 Å². The van der Waals surface area contributed by atoms with E-state index >= 15 is 0 Å². The second kappa shape index (κ2) is 6.35. The van der Waals surface area contributed by atoms with Crippen molar-refractivity contribution in [3.63, 3.8) is 0 Å². The summed E-state index contributed by atoms with van der Waals surface area (Å²) >= 11 is 1.51. The van der Waals surface area contributed by atoms with Crippen LogP contribution < -0.4 is 0 Å². The van der Waals surface area contributed by atoms with Gasteiger partial charge in [0.1, 0.15) is 0 Å². The molecule has 0 spiro atoms. The number of hydrogen-bond acceptors (Lipinski definition) is 5. The zero-order valence-corrected chi connectivity index (χ0v) is 15.2. The molecule has 0 aliphatic carbocycles. The molecule has 0 saturated carbocycles. The number of aryl methyl sites for hydroxylation is 3. The number of thiophene rings is 1. The molecule has 0 aromatic carbocycles. The minimum Gasteiger partial charge on any atom is -0.371 e. The molecule has 2 aromatic rings. The first kappa shape index (κ1) is 16.6. The third-order valence-electron chi connectivity index (χ3n) is 3.99. The van der Waals surface area contributed by atoms with Gasteiger partial charge in [0.15, 0.2) is 0 Å². The average Bonchev–Trinajstić information content (AvgIpc) is 3.14. The standard InChI is InChI=1S/C15H21N3O3S2/c1-4-17-9-13(8-16-17)14-10-18(5-6-21-14)23(19,20)15-7-11(2)22-12(15)3/h7-9,14H,4-6,10H2,1-3H3/t14-/m1/s1. The quantitative estimate of drug-likeness (QED) is 0.844. The molecular weight excluding hydrogens is 334 g/mol. The number of ether oxygens (including phenoxy) is 1. The van der Waals surface area contributed by atoms with Gasteiger partial charge in [0.25, 0.3) is 0 Å². The van der Waals surface area contributed by atoms with Crippen molar-refractivity contribution in [2.75, 3.05) is 19.7 Å². The van der Waals surface area contributed by atoms with Crippen molar-refractivity contribution in [3.05, 3.63) is 33.8 Å². The topological polar surface area (TPSA) is 64.4 Å². The predicted molar refractivity (Wildman–Crippen MR) is 89.1 cm³/mol. The molecule has 0 unspecified atom stereocenters. The Kier molecular flexibility index (Phi) is 4.59. The molecule has 126 valence electrons. The molecule has 2 aromatic heterocycles. The Morgan fingerprint density at radius 1 is 1.43 bits per heavy atom. The molecule has 1 atom stereocenters. The SMILES string of the molecule is CCn1cc([C@H]2CN(S(=O)(=O)c3cc(C)sc3C)CCO2)cn1. The van der Waals surface area contributed by atoms with E-state index in [9.17, 15) is 8.42 Å². The normalized spacial score (nSPS) is 20.0. The van der Waals surface area contributed by atoms with Crippen LogP contribution in [0.15, 0.2) is 23.4 Å². The number of aromatic nitrogens is 2. The third kappa shape index (κ3) is 3.21. The molecule has 0 bridgehead atoms. The molecule has 6 nitrogen and oxygen atoms in total. The Bertz CT molecular complexity index is 795. The van der Waals surface area contributed by atoms with Crippen LogP contribution in [0, 0.1) is 13.8 Å². The maximum Gasteiger partial charge on any atom is 0.244 e. The van der Waals surface area contributed by atoms with Gasteiger partial charge in [-0.2, -0.15) is 9.40 Å². The Morgan fingerprint density at radius 3 is 2.83 bits per heavy atom. The Labute approximate surface area is 140 Å². The monoisotopic (exact) mass is 355 g/mol. The largest absolute Gasteiger partial charge is 0.371 e. The predicted octanol–water partition coefficient (Wildman–Crippen LogP) is 2.34. The minimum absolute atomic E-state index is 0.265.